The molecule has 7 heteroatoms. The lowest BCUT2D eigenvalue weighted by Gasteiger charge is -2.31. The Balaban J connectivity index is 2.01. The van der Waals surface area contributed by atoms with Gasteiger partial charge in [-0.25, -0.2) is 4.79 Å². The molecule has 3 rings (SSSR count). The normalized spacial score (nSPS) is 13.1. The maximum atomic E-state index is 13.3. The molecule has 2 aromatic rings. The van der Waals surface area contributed by atoms with Crippen LogP contribution in [0.2, 0.25) is 5.02 Å². The Kier molecular flexibility index (Phi) is 6.33. The van der Waals surface area contributed by atoms with Crippen LogP contribution in [0.5, 0.6) is 11.5 Å². The molecule has 6 nitrogen and oxygen atoms in total. The monoisotopic (exact) mass is 417 g/mol. The van der Waals surface area contributed by atoms with Crippen molar-refractivity contribution in [2.24, 2.45) is 0 Å². The minimum absolute atomic E-state index is 0.0892. The number of halogens is 1. The van der Waals surface area contributed by atoms with Gasteiger partial charge in [-0.1, -0.05) is 17.7 Å². The van der Waals surface area contributed by atoms with E-state index in [2.05, 4.69) is 0 Å². The molecule has 29 heavy (non-hydrogen) atoms. The Bertz CT molecular complexity index is 941. The van der Waals surface area contributed by atoms with Crippen molar-refractivity contribution in [3.8, 4) is 11.5 Å². The van der Waals surface area contributed by atoms with Crippen molar-refractivity contribution >= 4 is 29.2 Å². The summed E-state index contributed by atoms with van der Waals surface area (Å²) in [7, 11) is 2.86. The van der Waals surface area contributed by atoms with Gasteiger partial charge in [0.05, 0.1) is 30.9 Å². The molecule has 0 atom stereocenters. The highest BCUT2D eigenvalue weighted by atomic mass is 35.5. The maximum Gasteiger partial charge on any atom is 0.338 e. The topological polar surface area (TPSA) is 65.1 Å². The third-order valence-electron chi connectivity index (χ3n) is 4.73. The third kappa shape index (κ3) is 4.17. The highest BCUT2D eigenvalue weighted by Gasteiger charge is 2.28. The first-order chi connectivity index (χ1) is 13.9. The molecule has 0 fully saturated rings. The van der Waals surface area contributed by atoms with Crippen molar-refractivity contribution in [2.75, 3.05) is 25.7 Å². The molecular weight excluding hydrogens is 394 g/mol. The Morgan fingerprint density at radius 2 is 1.93 bits per heavy atom. The Labute approximate surface area is 175 Å². The summed E-state index contributed by atoms with van der Waals surface area (Å²) in [6, 6.07) is 8.53. The summed E-state index contributed by atoms with van der Waals surface area (Å²) in [5.74, 6) is 0.183. The van der Waals surface area contributed by atoms with Gasteiger partial charge in [0.2, 0.25) is 0 Å². The lowest BCUT2D eigenvalue weighted by atomic mass is 9.95. The lowest BCUT2D eigenvalue weighted by Crippen LogP contribution is -2.36. The highest BCUT2D eigenvalue weighted by Crippen LogP contribution is 2.38. The lowest BCUT2D eigenvalue weighted by molar-refractivity contribution is 0.0599. The summed E-state index contributed by atoms with van der Waals surface area (Å²) in [6.45, 7) is 4.32. The third-order valence-corrected chi connectivity index (χ3v) is 5.01. The van der Waals surface area contributed by atoms with E-state index in [4.69, 9.17) is 25.8 Å². The summed E-state index contributed by atoms with van der Waals surface area (Å²) in [4.78, 5) is 27.1. The summed E-state index contributed by atoms with van der Waals surface area (Å²) in [5, 5.41) is 0.307. The molecule has 0 radical (unpaired) electrons. The van der Waals surface area contributed by atoms with Crippen molar-refractivity contribution in [1.82, 2.24) is 0 Å². The second-order valence-corrected chi connectivity index (χ2v) is 7.42. The van der Waals surface area contributed by atoms with E-state index in [0.29, 0.717) is 46.3 Å². The molecule has 0 spiro atoms. The van der Waals surface area contributed by atoms with E-state index < -0.39 is 5.97 Å². The molecule has 0 aromatic heterocycles. The fourth-order valence-corrected chi connectivity index (χ4v) is 3.74. The molecular formula is C22H24ClNO5. The van der Waals surface area contributed by atoms with Crippen LogP contribution in [0.4, 0.5) is 5.69 Å². The first-order valence-corrected chi connectivity index (χ1v) is 9.81. The number of benzene rings is 2. The summed E-state index contributed by atoms with van der Waals surface area (Å²) < 4.78 is 16.0. The number of methoxy groups -OCH3 is 2. The van der Waals surface area contributed by atoms with Gasteiger partial charge in [-0.2, -0.15) is 0 Å². The van der Waals surface area contributed by atoms with Gasteiger partial charge in [-0.05, 0) is 56.5 Å². The number of amides is 1. The second kappa shape index (κ2) is 8.74. The van der Waals surface area contributed by atoms with Crippen molar-refractivity contribution in [3.05, 3.63) is 52.0 Å². The highest BCUT2D eigenvalue weighted by molar-refractivity contribution is 6.33. The van der Waals surface area contributed by atoms with Crippen LogP contribution in [0, 0.1) is 0 Å². The number of hydrogen-bond donors (Lipinski definition) is 0. The Hall–Kier alpha value is -2.73. The predicted octanol–water partition coefficient (Wildman–Crippen LogP) is 4.52. The average molecular weight is 418 g/mol. The standard InChI is InChI=1S/C22H24ClNO5/c1-13(2)29-20-17(23)11-14(12-19(20)27-3)21(25)24-10-6-8-15-16(22(26)28-4)7-5-9-18(15)24/h5,7,9,11-13H,6,8,10H2,1-4H3. The van der Waals surface area contributed by atoms with Crippen LogP contribution in [-0.4, -0.2) is 38.7 Å². The molecule has 0 saturated heterocycles. The van der Waals surface area contributed by atoms with E-state index in [0.717, 1.165) is 12.0 Å². The van der Waals surface area contributed by atoms with Crippen molar-refractivity contribution in [2.45, 2.75) is 32.8 Å². The van der Waals surface area contributed by atoms with Gasteiger partial charge in [0, 0.05) is 17.8 Å². The summed E-state index contributed by atoms with van der Waals surface area (Å²) in [6.07, 6.45) is 1.36. The molecule has 1 aliphatic heterocycles. The average Bonchev–Trinajstić information content (AvgIpc) is 2.72. The van der Waals surface area contributed by atoms with Gasteiger partial charge in [0.25, 0.3) is 5.91 Å². The van der Waals surface area contributed by atoms with Crippen LogP contribution in [0.15, 0.2) is 30.3 Å². The van der Waals surface area contributed by atoms with E-state index >= 15 is 0 Å². The molecule has 0 unspecified atom stereocenters. The van der Waals surface area contributed by atoms with Crippen LogP contribution >= 0.6 is 11.6 Å². The first-order valence-electron chi connectivity index (χ1n) is 9.43. The van der Waals surface area contributed by atoms with Gasteiger partial charge < -0.3 is 19.1 Å². The number of nitrogens with zero attached hydrogens (tertiary/aromatic N) is 1. The van der Waals surface area contributed by atoms with E-state index in [1.54, 1.807) is 29.2 Å². The number of anilines is 1. The Morgan fingerprint density at radius 3 is 2.59 bits per heavy atom. The minimum Gasteiger partial charge on any atom is -0.493 e. The summed E-state index contributed by atoms with van der Waals surface area (Å²) >= 11 is 6.39. The van der Waals surface area contributed by atoms with Crippen LogP contribution < -0.4 is 14.4 Å². The molecule has 1 aliphatic rings. The molecule has 0 bridgehead atoms. The molecule has 2 aromatic carbocycles. The SMILES string of the molecule is COC(=O)c1cccc2c1CCCN2C(=O)c1cc(Cl)c(OC(C)C)c(OC)c1. The predicted molar refractivity (Wildman–Crippen MR) is 112 cm³/mol. The zero-order valence-electron chi connectivity index (χ0n) is 17.0. The first kappa shape index (κ1) is 21.0. The molecule has 154 valence electrons. The number of fused-ring (bicyclic) bond motifs is 1. The van der Waals surface area contributed by atoms with Crippen LogP contribution in [0.25, 0.3) is 0 Å². The quantitative estimate of drug-likeness (QED) is 0.669. The number of ether oxygens (including phenoxy) is 3. The smallest absolute Gasteiger partial charge is 0.338 e. The second-order valence-electron chi connectivity index (χ2n) is 7.01. The van der Waals surface area contributed by atoms with Gasteiger partial charge in [-0.15, -0.1) is 0 Å². The van der Waals surface area contributed by atoms with Gasteiger partial charge >= 0.3 is 5.97 Å². The Morgan fingerprint density at radius 1 is 1.17 bits per heavy atom. The number of carbonyl (C=O) groups excluding carboxylic acids is 2. The van der Waals surface area contributed by atoms with Crippen LogP contribution in [0.3, 0.4) is 0 Å². The molecule has 0 saturated carbocycles. The van der Waals surface area contributed by atoms with Gasteiger partial charge in [0.15, 0.2) is 11.5 Å². The zero-order valence-corrected chi connectivity index (χ0v) is 17.7. The van der Waals surface area contributed by atoms with Crippen molar-refractivity contribution in [1.29, 1.82) is 0 Å². The van der Waals surface area contributed by atoms with Gasteiger partial charge in [-0.3, -0.25) is 4.79 Å². The summed E-state index contributed by atoms with van der Waals surface area (Å²) in [5.41, 5.74) is 2.40. The van der Waals surface area contributed by atoms with E-state index in [9.17, 15) is 9.59 Å². The maximum absolute atomic E-state index is 13.3. The minimum atomic E-state index is -0.406. The fraction of sp³-hybridized carbons (Fsp3) is 0.364. The zero-order chi connectivity index (χ0) is 21.1. The van der Waals surface area contributed by atoms with Crippen molar-refractivity contribution in [3.63, 3.8) is 0 Å². The number of carbonyl (C=O) groups is 2. The van der Waals surface area contributed by atoms with Crippen molar-refractivity contribution < 1.29 is 23.8 Å². The van der Waals surface area contributed by atoms with Gasteiger partial charge in [0.1, 0.15) is 0 Å². The largest absolute Gasteiger partial charge is 0.493 e. The van der Waals surface area contributed by atoms with E-state index in [1.165, 1.54) is 14.2 Å². The number of esters is 1. The molecule has 1 amide bonds. The van der Waals surface area contributed by atoms with Crippen LogP contribution in [-0.2, 0) is 11.2 Å². The van der Waals surface area contributed by atoms with E-state index in [1.807, 2.05) is 19.9 Å². The molecule has 1 heterocycles. The molecule has 0 N–H and O–H groups in total. The van der Waals surface area contributed by atoms with E-state index in [-0.39, 0.29) is 12.0 Å². The number of hydrogen-bond acceptors (Lipinski definition) is 5. The number of rotatable bonds is 5. The fourth-order valence-electron chi connectivity index (χ4n) is 3.49. The van der Waals surface area contributed by atoms with Crippen LogP contribution in [0.1, 0.15) is 46.5 Å². The molecule has 0 aliphatic carbocycles.